The Morgan fingerprint density at radius 2 is 2.25 bits per heavy atom. The van der Waals surface area contributed by atoms with Crippen LogP contribution in [0.2, 0.25) is 0 Å². The number of hydrogen-bond donors (Lipinski definition) is 1. The van der Waals surface area contributed by atoms with E-state index in [0.717, 1.165) is 31.0 Å². The summed E-state index contributed by atoms with van der Waals surface area (Å²) in [6, 6.07) is 0. The second-order valence-corrected chi connectivity index (χ2v) is 4.08. The Kier molecular flexibility index (Phi) is 4.96. The first kappa shape index (κ1) is 13.2. The molecular weight excluding hydrogens is 204 g/mol. The van der Waals surface area contributed by atoms with Gasteiger partial charge in [0.05, 0.1) is 12.7 Å². The molecule has 1 aromatic rings. The highest BCUT2D eigenvalue weighted by Crippen LogP contribution is 2.28. The molecule has 0 spiro atoms. The van der Waals surface area contributed by atoms with Crippen molar-refractivity contribution in [1.29, 1.82) is 0 Å². The maximum atomic E-state index is 5.68. The molecule has 0 amide bonds. The molecule has 0 bridgehead atoms. The van der Waals surface area contributed by atoms with E-state index in [1.165, 1.54) is 0 Å². The van der Waals surface area contributed by atoms with Gasteiger partial charge in [-0.3, -0.25) is 0 Å². The molecule has 0 fully saturated rings. The maximum Gasteiger partial charge on any atom is 0.208 e. The molecule has 4 nitrogen and oxygen atoms in total. The molecule has 0 saturated heterocycles. The van der Waals surface area contributed by atoms with Crippen molar-refractivity contribution in [1.82, 2.24) is 10.3 Å². The zero-order valence-corrected chi connectivity index (χ0v) is 10.7. The van der Waals surface area contributed by atoms with Crippen LogP contribution in [-0.4, -0.2) is 18.6 Å². The molecule has 0 aliphatic heterocycles. The Hall–Kier alpha value is -0.870. The molecule has 0 aliphatic carbocycles. The summed E-state index contributed by atoms with van der Waals surface area (Å²) in [7, 11) is 1.70. The fraction of sp³-hybridized carbons (Fsp3) is 0.750. The highest BCUT2D eigenvalue weighted by atomic mass is 16.5. The van der Waals surface area contributed by atoms with E-state index in [4.69, 9.17) is 9.15 Å². The van der Waals surface area contributed by atoms with Crippen LogP contribution in [0.25, 0.3) is 0 Å². The molecule has 1 heterocycles. The Morgan fingerprint density at radius 3 is 2.81 bits per heavy atom. The third-order valence-corrected chi connectivity index (χ3v) is 2.90. The molecule has 0 aromatic carbocycles. The number of hydrogen-bond acceptors (Lipinski definition) is 4. The van der Waals surface area contributed by atoms with Crippen LogP contribution in [0.15, 0.2) is 10.6 Å². The zero-order valence-electron chi connectivity index (χ0n) is 10.7. The number of ether oxygens (including phenoxy) is 1. The number of rotatable bonds is 7. The van der Waals surface area contributed by atoms with Gasteiger partial charge in [-0.25, -0.2) is 4.98 Å². The van der Waals surface area contributed by atoms with Gasteiger partial charge in [-0.15, -0.1) is 0 Å². The Labute approximate surface area is 97.4 Å². The molecule has 1 aromatic heterocycles. The van der Waals surface area contributed by atoms with E-state index < -0.39 is 0 Å². The minimum absolute atomic E-state index is 0.365. The predicted molar refractivity (Wildman–Crippen MR) is 63.2 cm³/mol. The molecular formula is C12H22N2O2. The summed E-state index contributed by atoms with van der Waals surface area (Å²) in [5, 5.41) is 3.26. The zero-order chi connectivity index (χ0) is 12.0. The summed E-state index contributed by atoms with van der Waals surface area (Å²) in [4.78, 5) is 4.24. The molecule has 1 rings (SSSR count). The van der Waals surface area contributed by atoms with Crippen molar-refractivity contribution in [3.05, 3.63) is 17.8 Å². The highest BCUT2D eigenvalue weighted by molar-refractivity contribution is 5.05. The van der Waals surface area contributed by atoms with Crippen LogP contribution < -0.4 is 5.32 Å². The molecule has 1 atom stereocenters. The molecule has 1 unspecified atom stereocenters. The van der Waals surface area contributed by atoms with Crippen molar-refractivity contribution < 1.29 is 9.15 Å². The molecule has 4 heteroatoms. The van der Waals surface area contributed by atoms with Gasteiger partial charge in [0.25, 0.3) is 0 Å². The van der Waals surface area contributed by atoms with Crippen LogP contribution in [0.1, 0.15) is 45.3 Å². The van der Waals surface area contributed by atoms with Crippen molar-refractivity contribution in [3.63, 3.8) is 0 Å². The first-order valence-electron chi connectivity index (χ1n) is 5.87. The normalized spacial score (nSPS) is 15.0. The quantitative estimate of drug-likeness (QED) is 0.725. The number of methoxy groups -OCH3 is 1. The standard InChI is InChI=1S/C12H22N2O2/c1-5-7-13-9-11-14-8-10(16-11)12(3,6-2)15-4/h8,13H,5-7,9H2,1-4H3. The maximum absolute atomic E-state index is 5.68. The third kappa shape index (κ3) is 3.06. The number of nitrogens with zero attached hydrogens (tertiary/aromatic N) is 1. The van der Waals surface area contributed by atoms with E-state index in [1.54, 1.807) is 13.3 Å². The molecule has 0 radical (unpaired) electrons. The van der Waals surface area contributed by atoms with Crippen molar-refractivity contribution in [2.75, 3.05) is 13.7 Å². The Bertz CT molecular complexity index is 306. The lowest BCUT2D eigenvalue weighted by molar-refractivity contribution is -0.0197. The summed E-state index contributed by atoms with van der Waals surface area (Å²) in [6.07, 6.45) is 3.73. The summed E-state index contributed by atoms with van der Waals surface area (Å²) in [5.74, 6) is 1.52. The number of aromatic nitrogens is 1. The van der Waals surface area contributed by atoms with Crippen molar-refractivity contribution in [2.24, 2.45) is 0 Å². The van der Waals surface area contributed by atoms with Gasteiger partial charge in [0, 0.05) is 7.11 Å². The number of oxazole rings is 1. The molecule has 0 saturated carbocycles. The van der Waals surface area contributed by atoms with Crippen molar-refractivity contribution in [3.8, 4) is 0 Å². The van der Waals surface area contributed by atoms with Gasteiger partial charge in [0.2, 0.25) is 5.89 Å². The average molecular weight is 226 g/mol. The lowest BCUT2D eigenvalue weighted by Crippen LogP contribution is -2.22. The summed E-state index contributed by atoms with van der Waals surface area (Å²) in [6.45, 7) is 7.87. The van der Waals surface area contributed by atoms with Gasteiger partial charge < -0.3 is 14.5 Å². The number of nitrogens with one attached hydrogen (secondary N) is 1. The van der Waals surface area contributed by atoms with Gasteiger partial charge in [-0.1, -0.05) is 13.8 Å². The van der Waals surface area contributed by atoms with Crippen LogP contribution in [0.5, 0.6) is 0 Å². The fourth-order valence-corrected chi connectivity index (χ4v) is 1.43. The van der Waals surface area contributed by atoms with E-state index in [1.807, 2.05) is 6.92 Å². The van der Waals surface area contributed by atoms with Crippen molar-refractivity contribution >= 4 is 0 Å². The van der Waals surface area contributed by atoms with E-state index in [0.29, 0.717) is 6.54 Å². The minimum atomic E-state index is -0.365. The van der Waals surface area contributed by atoms with Gasteiger partial charge >= 0.3 is 0 Å². The van der Waals surface area contributed by atoms with E-state index in [9.17, 15) is 0 Å². The van der Waals surface area contributed by atoms with Gasteiger partial charge in [0.15, 0.2) is 5.76 Å². The highest BCUT2D eigenvalue weighted by Gasteiger charge is 2.28. The third-order valence-electron chi connectivity index (χ3n) is 2.90. The van der Waals surface area contributed by atoms with Crippen LogP contribution >= 0.6 is 0 Å². The van der Waals surface area contributed by atoms with Crippen molar-refractivity contribution in [2.45, 2.75) is 45.8 Å². The Morgan fingerprint density at radius 1 is 1.50 bits per heavy atom. The molecule has 0 aliphatic rings. The van der Waals surface area contributed by atoms with Crippen LogP contribution in [0, 0.1) is 0 Å². The summed E-state index contributed by atoms with van der Waals surface area (Å²) < 4.78 is 11.1. The monoisotopic (exact) mass is 226 g/mol. The van der Waals surface area contributed by atoms with Crippen LogP contribution in [-0.2, 0) is 16.9 Å². The van der Waals surface area contributed by atoms with E-state index >= 15 is 0 Å². The van der Waals surface area contributed by atoms with Gasteiger partial charge in [-0.05, 0) is 26.3 Å². The van der Waals surface area contributed by atoms with E-state index in [-0.39, 0.29) is 5.60 Å². The first-order chi connectivity index (χ1) is 7.66. The molecule has 1 N–H and O–H groups in total. The lowest BCUT2D eigenvalue weighted by atomic mass is 10.0. The van der Waals surface area contributed by atoms with Crippen LogP contribution in [0.3, 0.4) is 0 Å². The average Bonchev–Trinajstić information content (AvgIpc) is 2.78. The largest absolute Gasteiger partial charge is 0.441 e. The Balaban J connectivity index is 2.63. The predicted octanol–water partition coefficient (Wildman–Crippen LogP) is 2.45. The second kappa shape index (κ2) is 6.01. The molecule has 92 valence electrons. The first-order valence-corrected chi connectivity index (χ1v) is 5.87. The second-order valence-electron chi connectivity index (χ2n) is 4.08. The fourth-order valence-electron chi connectivity index (χ4n) is 1.43. The minimum Gasteiger partial charge on any atom is -0.441 e. The summed E-state index contributed by atoms with van der Waals surface area (Å²) in [5.41, 5.74) is -0.365. The molecule has 16 heavy (non-hydrogen) atoms. The smallest absolute Gasteiger partial charge is 0.208 e. The SMILES string of the molecule is CCCNCc1ncc(C(C)(CC)OC)o1. The van der Waals surface area contributed by atoms with Gasteiger partial charge in [-0.2, -0.15) is 0 Å². The van der Waals surface area contributed by atoms with Crippen LogP contribution in [0.4, 0.5) is 0 Å². The summed E-state index contributed by atoms with van der Waals surface area (Å²) >= 11 is 0. The van der Waals surface area contributed by atoms with Gasteiger partial charge in [0.1, 0.15) is 5.60 Å². The van der Waals surface area contributed by atoms with E-state index in [2.05, 4.69) is 24.1 Å². The lowest BCUT2D eigenvalue weighted by Gasteiger charge is -2.23. The topological polar surface area (TPSA) is 47.3 Å².